The van der Waals surface area contributed by atoms with Crippen molar-refractivity contribution in [3.8, 4) is 11.3 Å². The van der Waals surface area contributed by atoms with Gasteiger partial charge in [0.25, 0.3) is 0 Å². The quantitative estimate of drug-likeness (QED) is 0.174. The van der Waals surface area contributed by atoms with Crippen LogP contribution in [0.25, 0.3) is 11.3 Å². The van der Waals surface area contributed by atoms with Gasteiger partial charge in [0.2, 0.25) is 0 Å². The Hall–Kier alpha value is -4.81. The summed E-state index contributed by atoms with van der Waals surface area (Å²) in [7, 11) is 0. The summed E-state index contributed by atoms with van der Waals surface area (Å²) in [5, 5.41) is 16.1. The molecule has 5 atom stereocenters. The van der Waals surface area contributed by atoms with Crippen molar-refractivity contribution in [2.24, 2.45) is 5.92 Å². The molecule has 2 saturated heterocycles. The van der Waals surface area contributed by atoms with Crippen molar-refractivity contribution in [1.29, 1.82) is 0 Å². The number of alkyl carbamates (subject to hydrolysis) is 1. The predicted octanol–water partition coefficient (Wildman–Crippen LogP) is 4.85. The molecule has 2 amide bonds. The summed E-state index contributed by atoms with van der Waals surface area (Å²) in [4.78, 5) is 30.6. The maximum absolute atomic E-state index is 13.2. The first-order valence-corrected chi connectivity index (χ1v) is 16.1. The van der Waals surface area contributed by atoms with Crippen LogP contribution in [0.5, 0.6) is 0 Å². The third kappa shape index (κ3) is 9.17. The fourth-order valence-electron chi connectivity index (χ4n) is 5.94. The lowest BCUT2D eigenvalue weighted by Gasteiger charge is -2.30. The number of hydrogen-bond acceptors (Lipinski definition) is 9. The Morgan fingerprint density at radius 2 is 1.60 bits per heavy atom. The van der Waals surface area contributed by atoms with Gasteiger partial charge in [-0.15, -0.1) is 0 Å². The Balaban J connectivity index is 1.15. The van der Waals surface area contributed by atoms with Crippen molar-refractivity contribution < 1.29 is 33.6 Å². The lowest BCUT2D eigenvalue weighted by Crippen LogP contribution is -2.53. The van der Waals surface area contributed by atoms with Crippen molar-refractivity contribution in [2.45, 2.75) is 50.5 Å². The van der Waals surface area contributed by atoms with E-state index in [4.69, 9.17) is 18.9 Å². The van der Waals surface area contributed by atoms with Gasteiger partial charge in [-0.1, -0.05) is 91.0 Å². The molecule has 11 heteroatoms. The maximum atomic E-state index is 13.2. The van der Waals surface area contributed by atoms with Gasteiger partial charge in [0, 0.05) is 24.8 Å². The number of carbonyl (C=O) groups is 2. The van der Waals surface area contributed by atoms with Crippen molar-refractivity contribution >= 4 is 12.2 Å². The van der Waals surface area contributed by atoms with E-state index in [9.17, 15) is 14.7 Å². The minimum atomic E-state index is -1.11. The molecule has 48 heavy (non-hydrogen) atoms. The fraction of sp³-hybridized carbons (Fsp3) is 0.324. The van der Waals surface area contributed by atoms with E-state index >= 15 is 0 Å². The van der Waals surface area contributed by atoms with Crippen LogP contribution in [-0.2, 0) is 38.5 Å². The fourth-order valence-corrected chi connectivity index (χ4v) is 5.94. The average Bonchev–Trinajstić information content (AvgIpc) is 3.74. The molecule has 5 unspecified atom stereocenters. The first-order valence-electron chi connectivity index (χ1n) is 16.1. The molecule has 0 bridgehead atoms. The Morgan fingerprint density at radius 1 is 0.875 bits per heavy atom. The van der Waals surface area contributed by atoms with E-state index in [1.807, 2.05) is 103 Å². The van der Waals surface area contributed by atoms with Crippen molar-refractivity contribution in [3.63, 3.8) is 0 Å². The van der Waals surface area contributed by atoms with Crippen molar-refractivity contribution in [3.05, 3.63) is 126 Å². The summed E-state index contributed by atoms with van der Waals surface area (Å²) in [6.45, 7) is 1.14. The number of carbonyl (C=O) groups excluding carboxylic acids is 2. The van der Waals surface area contributed by atoms with E-state index in [1.54, 1.807) is 11.2 Å². The van der Waals surface area contributed by atoms with Crippen LogP contribution in [0.1, 0.15) is 23.1 Å². The first kappa shape index (κ1) is 33.1. The molecule has 2 fully saturated rings. The van der Waals surface area contributed by atoms with Gasteiger partial charge in [-0.2, -0.15) is 0 Å². The zero-order chi connectivity index (χ0) is 33.1. The average molecular weight is 653 g/mol. The number of pyridine rings is 1. The molecule has 0 radical (unpaired) electrons. The van der Waals surface area contributed by atoms with Crippen LogP contribution >= 0.6 is 0 Å². The lowest BCUT2D eigenvalue weighted by atomic mass is 10.0. The van der Waals surface area contributed by atoms with Gasteiger partial charge >= 0.3 is 12.2 Å². The molecule has 0 saturated carbocycles. The number of nitrogens with one attached hydrogen (secondary N) is 2. The van der Waals surface area contributed by atoms with Crippen molar-refractivity contribution in [1.82, 2.24) is 20.7 Å². The van der Waals surface area contributed by atoms with Crippen molar-refractivity contribution in [2.75, 3.05) is 19.8 Å². The molecular weight excluding hydrogens is 612 g/mol. The third-order valence-electron chi connectivity index (χ3n) is 8.47. The second-order valence-electron chi connectivity index (χ2n) is 11.9. The third-order valence-corrected chi connectivity index (χ3v) is 8.47. The van der Waals surface area contributed by atoms with E-state index in [0.29, 0.717) is 13.0 Å². The number of nitrogens with zero attached hydrogens (tertiary/aromatic N) is 2. The number of aliphatic hydroxyl groups is 1. The molecule has 0 spiro atoms. The Kier molecular flexibility index (Phi) is 11.3. The smallest absolute Gasteiger partial charge is 0.422 e. The Bertz CT molecular complexity index is 1590. The Labute approximate surface area is 279 Å². The number of amides is 2. The molecule has 2 aliphatic heterocycles. The largest absolute Gasteiger partial charge is 0.444 e. The highest BCUT2D eigenvalue weighted by Gasteiger charge is 2.44. The molecule has 3 heterocycles. The summed E-state index contributed by atoms with van der Waals surface area (Å²) >= 11 is 0. The molecule has 11 nitrogen and oxygen atoms in total. The summed E-state index contributed by atoms with van der Waals surface area (Å²) < 4.78 is 22.4. The summed E-state index contributed by atoms with van der Waals surface area (Å²) in [5.74, 6) is -0.0149. The molecule has 3 N–H and O–H groups in total. The SMILES string of the molecule is O=C(NN(Cc1ccc(-c2ccccn2)cc1)CC(O)C(Cc1ccccc1)NC(=O)OC1COC2OCCC12)OCc1ccccc1. The van der Waals surface area contributed by atoms with Gasteiger partial charge in [-0.25, -0.2) is 14.6 Å². The van der Waals surface area contributed by atoms with E-state index in [1.165, 1.54) is 0 Å². The van der Waals surface area contributed by atoms with E-state index < -0.39 is 30.4 Å². The molecule has 0 aliphatic carbocycles. The zero-order valence-electron chi connectivity index (χ0n) is 26.5. The van der Waals surface area contributed by atoms with Gasteiger partial charge in [0.05, 0.1) is 37.0 Å². The number of hydrogen-bond donors (Lipinski definition) is 3. The van der Waals surface area contributed by atoms with Crippen LogP contribution in [0.2, 0.25) is 0 Å². The summed E-state index contributed by atoms with van der Waals surface area (Å²) in [6, 6.07) is 31.7. The molecule has 250 valence electrons. The van der Waals surface area contributed by atoms with Crippen LogP contribution in [0.3, 0.4) is 0 Å². The Morgan fingerprint density at radius 3 is 2.33 bits per heavy atom. The number of benzene rings is 3. The van der Waals surface area contributed by atoms with Gasteiger partial charge in [0.15, 0.2) is 6.29 Å². The molecule has 3 aromatic carbocycles. The normalized spacial score (nSPS) is 19.7. The highest BCUT2D eigenvalue weighted by Crippen LogP contribution is 2.33. The second kappa shape index (κ2) is 16.3. The highest BCUT2D eigenvalue weighted by atomic mass is 16.7. The molecule has 4 aromatic rings. The number of aromatic nitrogens is 1. The highest BCUT2D eigenvalue weighted by molar-refractivity contribution is 5.68. The van der Waals surface area contributed by atoms with Crippen LogP contribution in [-0.4, -0.2) is 71.6 Å². The van der Waals surface area contributed by atoms with Gasteiger partial charge in [-0.05, 0) is 41.7 Å². The van der Waals surface area contributed by atoms with Gasteiger partial charge in [-0.3, -0.25) is 10.4 Å². The number of hydrazine groups is 1. The van der Waals surface area contributed by atoms with Crippen LogP contribution in [0.4, 0.5) is 9.59 Å². The topological polar surface area (TPSA) is 131 Å². The lowest BCUT2D eigenvalue weighted by molar-refractivity contribution is -0.0907. The van der Waals surface area contributed by atoms with Crippen LogP contribution in [0.15, 0.2) is 109 Å². The zero-order valence-corrected chi connectivity index (χ0v) is 26.5. The van der Waals surface area contributed by atoms with E-state index in [2.05, 4.69) is 15.7 Å². The monoisotopic (exact) mass is 652 g/mol. The van der Waals surface area contributed by atoms with Gasteiger partial charge in [0.1, 0.15) is 12.7 Å². The number of aliphatic hydroxyl groups excluding tert-OH is 1. The summed E-state index contributed by atoms with van der Waals surface area (Å²) in [6.07, 6.45) is -0.385. The van der Waals surface area contributed by atoms with Gasteiger partial charge < -0.3 is 29.4 Å². The first-order chi connectivity index (χ1) is 23.5. The van der Waals surface area contributed by atoms with E-state index in [0.717, 1.165) is 34.4 Å². The molecular formula is C37H40N4O7. The standard InChI is InChI=1S/C37H40N4O7/c42-33(32(21-26-9-3-1-4-10-26)39-36(43)48-34-25-46-35-30(34)18-20-45-35)23-41(40-37(44)47-24-28-11-5-2-6-12-28)22-27-14-16-29(17-15-27)31-13-7-8-19-38-31/h1-17,19,30,32-35,42H,18,20-25H2,(H,39,43)(H,40,44). The summed E-state index contributed by atoms with van der Waals surface area (Å²) in [5.41, 5.74) is 7.24. The second-order valence-corrected chi connectivity index (χ2v) is 11.9. The van der Waals surface area contributed by atoms with E-state index in [-0.39, 0.29) is 38.5 Å². The molecule has 6 rings (SSSR count). The number of rotatable bonds is 13. The van der Waals surface area contributed by atoms with Crippen LogP contribution in [0, 0.1) is 5.92 Å². The predicted molar refractivity (Wildman–Crippen MR) is 177 cm³/mol. The maximum Gasteiger partial charge on any atom is 0.422 e. The molecule has 1 aromatic heterocycles. The molecule has 2 aliphatic rings. The minimum absolute atomic E-state index is 0.0149. The minimum Gasteiger partial charge on any atom is -0.444 e. The number of ether oxygens (including phenoxy) is 4. The number of fused-ring (bicyclic) bond motifs is 1. The van der Waals surface area contributed by atoms with Crippen LogP contribution < -0.4 is 10.7 Å².